The summed E-state index contributed by atoms with van der Waals surface area (Å²) in [7, 11) is 0. The highest BCUT2D eigenvalue weighted by Gasteiger charge is 2.32. The van der Waals surface area contributed by atoms with E-state index >= 15 is 0 Å². The molecule has 1 aromatic carbocycles. The number of nitrogens with one attached hydrogen (secondary N) is 1. The molecule has 1 amide bonds. The molecule has 112 valence electrons. The van der Waals surface area contributed by atoms with E-state index in [9.17, 15) is 4.79 Å². The van der Waals surface area contributed by atoms with Gasteiger partial charge in [-0.25, -0.2) is 0 Å². The monoisotopic (exact) mass is 287 g/mol. The van der Waals surface area contributed by atoms with E-state index in [1.807, 2.05) is 12.1 Å². The number of aryl methyl sites for hydroxylation is 2. The summed E-state index contributed by atoms with van der Waals surface area (Å²) in [5.41, 5.74) is 9.07. The van der Waals surface area contributed by atoms with E-state index < -0.39 is 0 Å². The number of carbonyl (C=O) groups is 1. The molecule has 5 nitrogen and oxygen atoms in total. The molecule has 5 heteroatoms. The number of rotatable bonds is 3. The van der Waals surface area contributed by atoms with Crippen LogP contribution in [0.3, 0.4) is 0 Å². The lowest BCUT2D eigenvalue weighted by atomic mass is 10.0. The third kappa shape index (κ3) is 2.73. The molecule has 21 heavy (non-hydrogen) atoms. The summed E-state index contributed by atoms with van der Waals surface area (Å²) < 4.78 is 0. The highest BCUT2D eigenvalue weighted by molar-refractivity contribution is 5.95. The Bertz CT molecular complexity index is 583. The summed E-state index contributed by atoms with van der Waals surface area (Å²) in [5.74, 6) is 0.0903. The molecule has 4 N–H and O–H groups in total. The van der Waals surface area contributed by atoms with Gasteiger partial charge >= 0.3 is 0 Å². The van der Waals surface area contributed by atoms with Crippen LogP contribution >= 0.6 is 0 Å². The van der Waals surface area contributed by atoms with Gasteiger partial charge in [0.2, 0.25) is 0 Å². The summed E-state index contributed by atoms with van der Waals surface area (Å²) in [6.07, 6.45) is 6.06. The van der Waals surface area contributed by atoms with Crippen molar-refractivity contribution < 1.29 is 10.0 Å². The van der Waals surface area contributed by atoms with Gasteiger partial charge in [0.25, 0.3) is 5.91 Å². The normalized spacial score (nSPS) is 24.9. The maximum absolute atomic E-state index is 12.4. The molecular formula is C16H21N3O2. The highest BCUT2D eigenvalue weighted by atomic mass is 16.4. The zero-order valence-corrected chi connectivity index (χ0v) is 12.0. The van der Waals surface area contributed by atoms with Gasteiger partial charge in [-0.3, -0.25) is 4.79 Å². The zero-order chi connectivity index (χ0) is 14.8. The first-order valence-corrected chi connectivity index (χ1v) is 7.59. The van der Waals surface area contributed by atoms with Crippen molar-refractivity contribution in [3.63, 3.8) is 0 Å². The van der Waals surface area contributed by atoms with Crippen LogP contribution in [0, 0.1) is 5.92 Å². The van der Waals surface area contributed by atoms with Gasteiger partial charge < -0.3 is 16.3 Å². The smallest absolute Gasteiger partial charge is 0.251 e. The number of hydrogen-bond acceptors (Lipinski definition) is 3. The number of hydrogen-bond donors (Lipinski definition) is 3. The van der Waals surface area contributed by atoms with Crippen LogP contribution in [0.5, 0.6) is 0 Å². The van der Waals surface area contributed by atoms with Gasteiger partial charge in [-0.15, -0.1) is 0 Å². The Labute approximate surface area is 124 Å². The SMILES string of the molecule is NC(=NO)C1CCCC1NC(=O)c1ccc2c(c1)CCC2. The van der Waals surface area contributed by atoms with Crippen LogP contribution < -0.4 is 11.1 Å². The fourth-order valence-corrected chi connectivity index (χ4v) is 3.53. The maximum atomic E-state index is 12.4. The first-order chi connectivity index (χ1) is 10.2. The Morgan fingerprint density at radius 3 is 2.86 bits per heavy atom. The Kier molecular flexibility index (Phi) is 3.82. The second-order valence-electron chi connectivity index (χ2n) is 5.98. The lowest BCUT2D eigenvalue weighted by Gasteiger charge is -2.20. The lowest BCUT2D eigenvalue weighted by Crippen LogP contribution is -2.42. The molecule has 0 aliphatic heterocycles. The molecule has 1 saturated carbocycles. The number of benzene rings is 1. The second-order valence-corrected chi connectivity index (χ2v) is 5.98. The van der Waals surface area contributed by atoms with Gasteiger partial charge in [0.15, 0.2) is 0 Å². The number of amides is 1. The fraction of sp³-hybridized carbons (Fsp3) is 0.500. The molecule has 0 spiro atoms. The van der Waals surface area contributed by atoms with Crippen molar-refractivity contribution in [1.82, 2.24) is 5.32 Å². The summed E-state index contributed by atoms with van der Waals surface area (Å²) in [5, 5.41) is 15.0. The van der Waals surface area contributed by atoms with Crippen LogP contribution in [-0.4, -0.2) is 23.0 Å². The van der Waals surface area contributed by atoms with Gasteiger partial charge in [-0.05, 0) is 55.4 Å². The minimum absolute atomic E-state index is 0.0401. The standard InChI is InChI=1S/C16H21N3O2/c17-15(19-21)13-5-2-6-14(13)18-16(20)12-8-7-10-3-1-4-11(10)9-12/h7-9,13-14,21H,1-6H2,(H2,17,19)(H,18,20). The Hall–Kier alpha value is -2.04. The van der Waals surface area contributed by atoms with Gasteiger partial charge in [0.05, 0.1) is 0 Å². The first-order valence-electron chi connectivity index (χ1n) is 7.59. The number of nitrogens with two attached hydrogens (primary N) is 1. The quantitative estimate of drug-likeness (QED) is 0.343. The average molecular weight is 287 g/mol. The van der Waals surface area contributed by atoms with Crippen LogP contribution in [0.1, 0.15) is 47.2 Å². The van der Waals surface area contributed by atoms with Gasteiger partial charge in [-0.1, -0.05) is 17.6 Å². The van der Waals surface area contributed by atoms with Crippen LogP contribution in [0.4, 0.5) is 0 Å². The number of nitrogens with zero attached hydrogens (tertiary/aromatic N) is 1. The van der Waals surface area contributed by atoms with E-state index in [-0.39, 0.29) is 23.7 Å². The van der Waals surface area contributed by atoms with Gasteiger partial charge in [-0.2, -0.15) is 0 Å². The van der Waals surface area contributed by atoms with Crippen LogP contribution in [-0.2, 0) is 12.8 Å². The predicted octanol–water partition coefficient (Wildman–Crippen LogP) is 1.82. The molecule has 0 bridgehead atoms. The van der Waals surface area contributed by atoms with Gasteiger partial charge in [0.1, 0.15) is 5.84 Å². The van der Waals surface area contributed by atoms with Crippen molar-refractivity contribution in [1.29, 1.82) is 0 Å². The minimum atomic E-state index is -0.0626. The molecule has 1 aromatic rings. The first kappa shape index (κ1) is 13.9. The van der Waals surface area contributed by atoms with E-state index in [1.165, 1.54) is 17.5 Å². The molecule has 0 radical (unpaired) electrons. The minimum Gasteiger partial charge on any atom is -0.409 e. The third-order valence-electron chi connectivity index (χ3n) is 4.69. The molecule has 0 saturated heterocycles. The zero-order valence-electron chi connectivity index (χ0n) is 12.0. The Balaban J connectivity index is 1.71. The van der Waals surface area contributed by atoms with E-state index in [2.05, 4.69) is 16.5 Å². The van der Waals surface area contributed by atoms with Crippen molar-refractivity contribution >= 4 is 11.7 Å². The van der Waals surface area contributed by atoms with Gasteiger partial charge in [0, 0.05) is 17.5 Å². The summed E-state index contributed by atoms with van der Waals surface area (Å²) in [4.78, 5) is 12.4. The van der Waals surface area contributed by atoms with E-state index in [0.29, 0.717) is 5.56 Å². The van der Waals surface area contributed by atoms with Crippen molar-refractivity contribution in [2.24, 2.45) is 16.8 Å². The molecule has 3 rings (SSSR count). The summed E-state index contributed by atoms with van der Waals surface area (Å²) in [6, 6.07) is 5.92. The van der Waals surface area contributed by atoms with Crippen molar-refractivity contribution in [3.05, 3.63) is 34.9 Å². The maximum Gasteiger partial charge on any atom is 0.251 e. The largest absolute Gasteiger partial charge is 0.409 e. The predicted molar refractivity (Wildman–Crippen MR) is 80.5 cm³/mol. The average Bonchev–Trinajstić information content (AvgIpc) is 3.14. The number of fused-ring (bicyclic) bond motifs is 1. The fourth-order valence-electron chi connectivity index (χ4n) is 3.53. The van der Waals surface area contributed by atoms with Crippen LogP contribution in [0.2, 0.25) is 0 Å². The third-order valence-corrected chi connectivity index (χ3v) is 4.69. The van der Waals surface area contributed by atoms with E-state index in [0.717, 1.165) is 32.1 Å². The Morgan fingerprint density at radius 2 is 2.05 bits per heavy atom. The summed E-state index contributed by atoms with van der Waals surface area (Å²) >= 11 is 0. The van der Waals surface area contributed by atoms with Crippen LogP contribution in [0.15, 0.2) is 23.4 Å². The number of amidine groups is 1. The molecule has 0 heterocycles. The van der Waals surface area contributed by atoms with Crippen molar-refractivity contribution in [3.8, 4) is 0 Å². The molecular weight excluding hydrogens is 266 g/mol. The Morgan fingerprint density at radius 1 is 1.24 bits per heavy atom. The van der Waals surface area contributed by atoms with Crippen LogP contribution in [0.25, 0.3) is 0 Å². The molecule has 2 aliphatic carbocycles. The second kappa shape index (κ2) is 5.76. The molecule has 0 aromatic heterocycles. The molecule has 2 atom stereocenters. The van der Waals surface area contributed by atoms with E-state index in [4.69, 9.17) is 10.9 Å². The topological polar surface area (TPSA) is 87.7 Å². The molecule has 2 aliphatic rings. The van der Waals surface area contributed by atoms with Crippen molar-refractivity contribution in [2.45, 2.75) is 44.6 Å². The molecule has 2 unspecified atom stereocenters. The lowest BCUT2D eigenvalue weighted by molar-refractivity contribution is 0.0933. The van der Waals surface area contributed by atoms with Crippen molar-refractivity contribution in [2.75, 3.05) is 0 Å². The molecule has 1 fully saturated rings. The number of oxime groups is 1. The summed E-state index contributed by atoms with van der Waals surface area (Å²) in [6.45, 7) is 0. The highest BCUT2D eigenvalue weighted by Crippen LogP contribution is 2.27. The number of carbonyl (C=O) groups excluding carboxylic acids is 1. The van der Waals surface area contributed by atoms with E-state index in [1.54, 1.807) is 0 Å².